The number of esters is 1. The van der Waals surface area contributed by atoms with Gasteiger partial charge in [0.05, 0.1) is 17.4 Å². The highest BCUT2D eigenvalue weighted by atomic mass is 16.6. The van der Waals surface area contributed by atoms with Crippen LogP contribution in [0.2, 0.25) is 0 Å². The molecule has 5 fully saturated rings. The van der Waals surface area contributed by atoms with Crippen LogP contribution in [-0.2, 0) is 19.1 Å². The Hall–Kier alpha value is -1.20. The average Bonchev–Trinajstić information content (AvgIpc) is 3.41. The summed E-state index contributed by atoms with van der Waals surface area (Å²) in [5.41, 5.74) is -1.11. The third-order valence-corrected chi connectivity index (χ3v) is 12.0. The summed E-state index contributed by atoms with van der Waals surface area (Å²) >= 11 is 0. The standard InChI is InChI=1S/C28H40O5/c1-14-12-21(32-25(31)15(14)2)16(3)18-6-7-19-17-13-24-28(33-24)23(30)9-8-22(29)27(28,5)20(17)10-11-26(18,19)4/h8-9,14-21,23-24,30H,6-7,10-13H2,1-5H3/t14-,15+,16+,17+,18-,19+,20+,21-,23+,24-,26-,27+,28-/m1/s1. The van der Waals surface area contributed by atoms with Gasteiger partial charge in [-0.15, -0.1) is 0 Å². The van der Waals surface area contributed by atoms with Gasteiger partial charge in [-0.1, -0.05) is 27.7 Å². The first-order valence-corrected chi connectivity index (χ1v) is 13.3. The lowest BCUT2D eigenvalue weighted by Gasteiger charge is -2.58. The highest BCUT2D eigenvalue weighted by molar-refractivity contribution is 5.98. The molecule has 6 rings (SSSR count). The van der Waals surface area contributed by atoms with Gasteiger partial charge in [0.15, 0.2) is 5.78 Å². The molecule has 33 heavy (non-hydrogen) atoms. The quantitative estimate of drug-likeness (QED) is 0.495. The van der Waals surface area contributed by atoms with Crippen molar-refractivity contribution >= 4 is 11.8 Å². The zero-order valence-corrected chi connectivity index (χ0v) is 20.8. The number of ketones is 1. The molecule has 0 bridgehead atoms. The maximum Gasteiger partial charge on any atom is 0.309 e. The minimum atomic E-state index is -0.692. The third kappa shape index (κ3) is 2.62. The molecule has 5 heteroatoms. The lowest BCUT2D eigenvalue weighted by atomic mass is 9.44. The summed E-state index contributed by atoms with van der Waals surface area (Å²) in [6, 6.07) is 0. The van der Waals surface area contributed by atoms with Crippen molar-refractivity contribution in [1.29, 1.82) is 0 Å². The molecule has 0 aromatic carbocycles. The number of hydrogen-bond donors (Lipinski definition) is 1. The monoisotopic (exact) mass is 456 g/mol. The van der Waals surface area contributed by atoms with E-state index in [9.17, 15) is 14.7 Å². The highest BCUT2D eigenvalue weighted by Crippen LogP contribution is 2.73. The topological polar surface area (TPSA) is 76.1 Å². The Morgan fingerprint density at radius 1 is 1.09 bits per heavy atom. The molecule has 2 aliphatic heterocycles. The molecule has 1 spiro atoms. The van der Waals surface area contributed by atoms with Gasteiger partial charge < -0.3 is 14.6 Å². The van der Waals surface area contributed by atoms with Crippen molar-refractivity contribution in [3.63, 3.8) is 0 Å². The molecule has 5 nitrogen and oxygen atoms in total. The number of ether oxygens (including phenoxy) is 2. The van der Waals surface area contributed by atoms with Crippen LogP contribution in [0, 0.1) is 52.3 Å². The summed E-state index contributed by atoms with van der Waals surface area (Å²) in [5.74, 6) is 2.67. The molecular formula is C28H40O5. The molecule has 0 aromatic rings. The summed E-state index contributed by atoms with van der Waals surface area (Å²) < 4.78 is 12.2. The summed E-state index contributed by atoms with van der Waals surface area (Å²) in [4.78, 5) is 25.8. The van der Waals surface area contributed by atoms with Crippen molar-refractivity contribution in [2.45, 2.75) is 97.1 Å². The highest BCUT2D eigenvalue weighted by Gasteiger charge is 2.80. The number of cyclic esters (lactones) is 1. The Labute approximate surface area is 197 Å². The molecule has 2 saturated heterocycles. The maximum atomic E-state index is 13.3. The molecule has 4 aliphatic carbocycles. The Balaban J connectivity index is 1.27. The van der Waals surface area contributed by atoms with Crippen molar-refractivity contribution in [2.75, 3.05) is 0 Å². The van der Waals surface area contributed by atoms with E-state index in [0.717, 1.165) is 25.7 Å². The van der Waals surface area contributed by atoms with Crippen LogP contribution in [0.25, 0.3) is 0 Å². The number of aliphatic hydroxyl groups is 1. The largest absolute Gasteiger partial charge is 0.462 e. The first kappa shape index (κ1) is 22.3. The van der Waals surface area contributed by atoms with Gasteiger partial charge in [-0.3, -0.25) is 9.59 Å². The first-order chi connectivity index (χ1) is 15.6. The van der Waals surface area contributed by atoms with Gasteiger partial charge in [-0.05, 0) is 98.5 Å². The van der Waals surface area contributed by atoms with E-state index in [2.05, 4.69) is 27.7 Å². The summed E-state index contributed by atoms with van der Waals surface area (Å²) in [6.45, 7) is 11.1. The molecule has 1 N–H and O–H groups in total. The summed E-state index contributed by atoms with van der Waals surface area (Å²) in [5, 5.41) is 10.8. The van der Waals surface area contributed by atoms with Crippen LogP contribution < -0.4 is 0 Å². The normalized spacial score (nSPS) is 57.9. The molecule has 182 valence electrons. The predicted molar refractivity (Wildman–Crippen MR) is 123 cm³/mol. The number of carbonyl (C=O) groups excluding carboxylic acids is 2. The Kier molecular flexibility index (Phi) is 4.68. The van der Waals surface area contributed by atoms with Gasteiger partial charge in [0.1, 0.15) is 17.8 Å². The molecule has 0 aromatic heterocycles. The number of hydrogen-bond acceptors (Lipinski definition) is 5. The second-order valence-electron chi connectivity index (χ2n) is 12.9. The fourth-order valence-electron chi connectivity index (χ4n) is 9.78. The average molecular weight is 457 g/mol. The molecule has 0 unspecified atom stereocenters. The van der Waals surface area contributed by atoms with Crippen molar-refractivity contribution in [3.05, 3.63) is 12.2 Å². The van der Waals surface area contributed by atoms with Crippen molar-refractivity contribution in [3.8, 4) is 0 Å². The number of carbonyl (C=O) groups is 2. The second kappa shape index (κ2) is 6.94. The maximum absolute atomic E-state index is 13.3. The molecule has 13 atom stereocenters. The number of epoxide rings is 1. The minimum Gasteiger partial charge on any atom is -0.462 e. The van der Waals surface area contributed by atoms with Gasteiger partial charge in [-0.2, -0.15) is 0 Å². The molecule has 3 saturated carbocycles. The van der Waals surface area contributed by atoms with Crippen LogP contribution in [0.5, 0.6) is 0 Å². The Morgan fingerprint density at radius 2 is 1.85 bits per heavy atom. The smallest absolute Gasteiger partial charge is 0.309 e. The summed E-state index contributed by atoms with van der Waals surface area (Å²) in [7, 11) is 0. The first-order valence-electron chi connectivity index (χ1n) is 13.3. The van der Waals surface area contributed by atoms with E-state index in [1.165, 1.54) is 12.8 Å². The van der Waals surface area contributed by atoms with Crippen molar-refractivity contribution in [1.82, 2.24) is 0 Å². The number of allylic oxidation sites excluding steroid dienone is 1. The lowest BCUT2D eigenvalue weighted by Crippen LogP contribution is -2.63. The van der Waals surface area contributed by atoms with Gasteiger partial charge in [0.25, 0.3) is 0 Å². The van der Waals surface area contributed by atoms with Gasteiger partial charge in [0.2, 0.25) is 0 Å². The van der Waals surface area contributed by atoms with E-state index in [-0.39, 0.29) is 41.2 Å². The lowest BCUT2D eigenvalue weighted by molar-refractivity contribution is -0.171. The van der Waals surface area contributed by atoms with E-state index in [1.807, 2.05) is 6.92 Å². The Bertz CT molecular complexity index is 912. The zero-order chi connectivity index (χ0) is 23.5. The predicted octanol–water partition coefficient (Wildman–Crippen LogP) is 4.32. The molecule has 0 radical (unpaired) electrons. The van der Waals surface area contributed by atoms with Gasteiger partial charge in [0, 0.05) is 0 Å². The summed E-state index contributed by atoms with van der Waals surface area (Å²) in [6.07, 6.45) is 9.00. The van der Waals surface area contributed by atoms with Crippen LogP contribution in [0.1, 0.15) is 73.1 Å². The zero-order valence-electron chi connectivity index (χ0n) is 20.8. The van der Waals surface area contributed by atoms with E-state index in [1.54, 1.807) is 12.2 Å². The molecular weight excluding hydrogens is 416 g/mol. The van der Waals surface area contributed by atoms with E-state index in [4.69, 9.17) is 9.47 Å². The van der Waals surface area contributed by atoms with Crippen LogP contribution >= 0.6 is 0 Å². The van der Waals surface area contributed by atoms with Crippen molar-refractivity contribution in [2.24, 2.45) is 52.3 Å². The molecule has 2 heterocycles. The minimum absolute atomic E-state index is 0.00461. The number of aliphatic hydroxyl groups excluding tert-OH is 1. The van der Waals surface area contributed by atoms with E-state index in [0.29, 0.717) is 29.6 Å². The number of rotatable bonds is 2. The fraction of sp³-hybridized carbons (Fsp3) is 0.857. The van der Waals surface area contributed by atoms with E-state index < -0.39 is 17.1 Å². The SMILES string of the molecule is C[C@@H]([C@H]1CC[C@H]2[C@@H]3C[C@H]4O[C@]45[C@@H](O)C=CC(=O)[C@]5(C)[C@H]3CC[C@]12C)[C@H]1C[C@@H](C)[C@H](C)C(=O)O1. The van der Waals surface area contributed by atoms with Crippen LogP contribution in [0.4, 0.5) is 0 Å². The van der Waals surface area contributed by atoms with Crippen LogP contribution in [0.3, 0.4) is 0 Å². The van der Waals surface area contributed by atoms with Crippen molar-refractivity contribution < 1.29 is 24.2 Å². The van der Waals surface area contributed by atoms with Crippen LogP contribution in [0.15, 0.2) is 12.2 Å². The third-order valence-electron chi connectivity index (χ3n) is 12.0. The molecule has 0 amide bonds. The van der Waals surface area contributed by atoms with Gasteiger partial charge in [-0.25, -0.2) is 0 Å². The second-order valence-corrected chi connectivity index (χ2v) is 12.9. The van der Waals surface area contributed by atoms with Crippen LogP contribution in [-0.4, -0.2) is 40.8 Å². The Morgan fingerprint density at radius 3 is 2.58 bits per heavy atom. The van der Waals surface area contributed by atoms with E-state index >= 15 is 0 Å². The molecule has 6 aliphatic rings. The van der Waals surface area contributed by atoms with Gasteiger partial charge >= 0.3 is 5.97 Å². The fourth-order valence-corrected chi connectivity index (χ4v) is 9.78. The number of fused-ring (bicyclic) bond motifs is 4.